The number of rotatable bonds is 1. The molecule has 0 aromatic heterocycles. The van der Waals surface area contributed by atoms with Gasteiger partial charge in [0, 0.05) is 17.3 Å². The number of hydrogen-bond acceptors (Lipinski definition) is 3. The van der Waals surface area contributed by atoms with Gasteiger partial charge in [0.15, 0.2) is 0 Å². The van der Waals surface area contributed by atoms with Gasteiger partial charge in [0.1, 0.15) is 5.75 Å². The van der Waals surface area contributed by atoms with Gasteiger partial charge in [-0.15, -0.1) is 12.4 Å². The molecule has 0 atom stereocenters. The van der Waals surface area contributed by atoms with Crippen molar-refractivity contribution in [2.45, 2.75) is 6.92 Å². The average molecular weight is 204 g/mol. The summed E-state index contributed by atoms with van der Waals surface area (Å²) in [5, 5.41) is 17.8. The third-order valence-electron chi connectivity index (χ3n) is 1.63. The smallest absolute Gasteiger partial charge is 0.336 e. The maximum Gasteiger partial charge on any atom is 0.336 e. The maximum atomic E-state index is 10.6. The third kappa shape index (κ3) is 2.26. The molecule has 0 aliphatic rings. The minimum atomic E-state index is -1.09. The van der Waals surface area contributed by atoms with Crippen LogP contribution in [-0.4, -0.2) is 16.2 Å². The molecule has 1 rings (SSSR count). The van der Waals surface area contributed by atoms with Crippen molar-refractivity contribution < 1.29 is 15.0 Å². The molecule has 0 amide bonds. The minimum absolute atomic E-state index is 0. The van der Waals surface area contributed by atoms with Crippen LogP contribution in [0, 0.1) is 6.92 Å². The quantitative estimate of drug-likeness (QED) is 0.603. The Morgan fingerprint density at radius 3 is 2.46 bits per heavy atom. The van der Waals surface area contributed by atoms with Gasteiger partial charge in [-0.3, -0.25) is 0 Å². The van der Waals surface area contributed by atoms with E-state index in [1.165, 1.54) is 19.1 Å². The van der Waals surface area contributed by atoms with Crippen molar-refractivity contribution in [3.8, 4) is 5.75 Å². The molecule has 72 valence electrons. The number of benzene rings is 1. The first-order chi connectivity index (χ1) is 5.52. The first-order valence-corrected chi connectivity index (χ1v) is 3.34. The van der Waals surface area contributed by atoms with E-state index in [0.29, 0.717) is 5.56 Å². The van der Waals surface area contributed by atoms with Crippen molar-refractivity contribution in [1.82, 2.24) is 0 Å². The van der Waals surface area contributed by atoms with Crippen molar-refractivity contribution in [2.75, 3.05) is 5.73 Å². The lowest BCUT2D eigenvalue weighted by Gasteiger charge is -2.04. The molecule has 0 aliphatic heterocycles. The number of phenols is 1. The lowest BCUT2D eigenvalue weighted by atomic mass is 10.1. The zero-order chi connectivity index (χ0) is 9.30. The van der Waals surface area contributed by atoms with Crippen LogP contribution in [0.3, 0.4) is 0 Å². The van der Waals surface area contributed by atoms with Crippen LogP contribution >= 0.6 is 12.4 Å². The molecule has 0 saturated heterocycles. The summed E-state index contributed by atoms with van der Waals surface area (Å²) < 4.78 is 0. The molecular formula is C8H10ClNO3. The van der Waals surface area contributed by atoms with Gasteiger partial charge in [0.2, 0.25) is 0 Å². The number of carboxylic acids is 1. The lowest BCUT2D eigenvalue weighted by Crippen LogP contribution is -2.01. The highest BCUT2D eigenvalue weighted by molar-refractivity contribution is 5.91. The number of carboxylic acid groups (broad SMARTS) is 1. The first-order valence-electron chi connectivity index (χ1n) is 3.34. The van der Waals surface area contributed by atoms with Crippen molar-refractivity contribution >= 4 is 24.1 Å². The van der Waals surface area contributed by atoms with Gasteiger partial charge in [-0.25, -0.2) is 4.79 Å². The fraction of sp³-hybridized carbons (Fsp3) is 0.125. The SMILES string of the molecule is Cc1c(O)cc(N)cc1C(=O)O.Cl. The standard InChI is InChI=1S/C8H9NO3.ClH/c1-4-6(8(11)12)2-5(9)3-7(4)10;/h2-3,10H,9H2,1H3,(H,11,12);1H. The Kier molecular flexibility index (Phi) is 3.56. The van der Waals surface area contributed by atoms with Crippen molar-refractivity contribution in [3.05, 3.63) is 23.3 Å². The van der Waals surface area contributed by atoms with Crippen LogP contribution in [0.2, 0.25) is 0 Å². The molecule has 0 spiro atoms. The second kappa shape index (κ2) is 4.00. The van der Waals surface area contributed by atoms with Crippen molar-refractivity contribution in [1.29, 1.82) is 0 Å². The normalized spacial score (nSPS) is 9.00. The highest BCUT2D eigenvalue weighted by atomic mass is 35.5. The number of halogens is 1. The van der Waals surface area contributed by atoms with Crippen LogP contribution in [0.25, 0.3) is 0 Å². The summed E-state index contributed by atoms with van der Waals surface area (Å²) in [4.78, 5) is 10.6. The van der Waals surface area contributed by atoms with Crippen LogP contribution in [0.5, 0.6) is 5.75 Å². The molecule has 13 heavy (non-hydrogen) atoms. The summed E-state index contributed by atoms with van der Waals surface area (Å²) in [7, 11) is 0. The lowest BCUT2D eigenvalue weighted by molar-refractivity contribution is 0.0695. The second-order valence-electron chi connectivity index (χ2n) is 2.52. The van der Waals surface area contributed by atoms with E-state index >= 15 is 0 Å². The Balaban J connectivity index is 0.00000144. The topological polar surface area (TPSA) is 83.5 Å². The summed E-state index contributed by atoms with van der Waals surface area (Å²) in [6.07, 6.45) is 0. The Morgan fingerprint density at radius 2 is 2.00 bits per heavy atom. The molecule has 0 fully saturated rings. The molecule has 0 unspecified atom stereocenters. The van der Waals surface area contributed by atoms with Crippen LogP contribution in [0.1, 0.15) is 15.9 Å². The van der Waals surface area contributed by atoms with Gasteiger partial charge >= 0.3 is 5.97 Å². The monoisotopic (exact) mass is 203 g/mol. The summed E-state index contributed by atoms with van der Waals surface area (Å²) in [5.41, 5.74) is 5.95. The van der Waals surface area contributed by atoms with Crippen LogP contribution in [-0.2, 0) is 0 Å². The summed E-state index contributed by atoms with van der Waals surface area (Å²) in [5.74, 6) is -1.18. The summed E-state index contributed by atoms with van der Waals surface area (Å²) >= 11 is 0. The number of aromatic hydroxyl groups is 1. The predicted molar refractivity (Wildman–Crippen MR) is 51.5 cm³/mol. The molecule has 5 heteroatoms. The Hall–Kier alpha value is -1.42. The minimum Gasteiger partial charge on any atom is -0.508 e. The van der Waals surface area contributed by atoms with Gasteiger partial charge in [-0.05, 0) is 13.0 Å². The van der Waals surface area contributed by atoms with Crippen molar-refractivity contribution in [3.63, 3.8) is 0 Å². The molecule has 4 nitrogen and oxygen atoms in total. The molecule has 0 aliphatic carbocycles. The number of phenolic OH excluding ortho intramolecular Hbond substituents is 1. The van der Waals surface area contributed by atoms with E-state index in [1.54, 1.807) is 0 Å². The summed E-state index contributed by atoms with van der Waals surface area (Å²) in [6, 6.07) is 2.64. The molecule has 1 aromatic rings. The number of aromatic carboxylic acids is 1. The van der Waals surface area contributed by atoms with Gasteiger partial charge in [-0.1, -0.05) is 0 Å². The molecule has 0 bridgehead atoms. The van der Waals surface area contributed by atoms with Crippen LogP contribution in [0.15, 0.2) is 12.1 Å². The fourth-order valence-electron chi connectivity index (χ4n) is 0.943. The number of carbonyl (C=O) groups is 1. The van der Waals surface area contributed by atoms with Crippen LogP contribution in [0.4, 0.5) is 5.69 Å². The summed E-state index contributed by atoms with van der Waals surface area (Å²) in [6.45, 7) is 1.53. The fourth-order valence-corrected chi connectivity index (χ4v) is 0.943. The van der Waals surface area contributed by atoms with E-state index in [4.69, 9.17) is 10.8 Å². The van der Waals surface area contributed by atoms with Gasteiger partial charge < -0.3 is 15.9 Å². The van der Waals surface area contributed by atoms with Crippen LogP contribution < -0.4 is 5.73 Å². The van der Waals surface area contributed by atoms with E-state index < -0.39 is 5.97 Å². The second-order valence-corrected chi connectivity index (χ2v) is 2.52. The largest absolute Gasteiger partial charge is 0.508 e. The highest BCUT2D eigenvalue weighted by Gasteiger charge is 2.10. The highest BCUT2D eigenvalue weighted by Crippen LogP contribution is 2.23. The van der Waals surface area contributed by atoms with E-state index in [1.807, 2.05) is 0 Å². The number of nitrogen functional groups attached to an aromatic ring is 1. The van der Waals surface area contributed by atoms with Gasteiger partial charge in [0.25, 0.3) is 0 Å². The Bertz CT molecular complexity index is 338. The average Bonchev–Trinajstić information content (AvgIpc) is 1.96. The van der Waals surface area contributed by atoms with E-state index in [-0.39, 0.29) is 29.4 Å². The van der Waals surface area contributed by atoms with Crippen molar-refractivity contribution in [2.24, 2.45) is 0 Å². The first kappa shape index (κ1) is 11.6. The third-order valence-corrected chi connectivity index (χ3v) is 1.63. The number of hydrogen-bond donors (Lipinski definition) is 3. The maximum absolute atomic E-state index is 10.6. The number of anilines is 1. The molecular weight excluding hydrogens is 194 g/mol. The Morgan fingerprint density at radius 1 is 1.46 bits per heavy atom. The molecule has 0 heterocycles. The Labute approximate surface area is 81.4 Å². The molecule has 1 aromatic carbocycles. The number of nitrogens with two attached hydrogens (primary N) is 1. The molecule has 0 saturated carbocycles. The van der Waals surface area contributed by atoms with E-state index in [2.05, 4.69) is 0 Å². The predicted octanol–water partition coefficient (Wildman–Crippen LogP) is 1.40. The molecule has 0 radical (unpaired) electrons. The zero-order valence-corrected chi connectivity index (χ0v) is 7.76. The zero-order valence-electron chi connectivity index (χ0n) is 6.94. The van der Waals surface area contributed by atoms with Gasteiger partial charge in [-0.2, -0.15) is 0 Å². The van der Waals surface area contributed by atoms with E-state index in [0.717, 1.165) is 0 Å². The molecule has 4 N–H and O–H groups in total. The van der Waals surface area contributed by atoms with E-state index in [9.17, 15) is 9.90 Å². The van der Waals surface area contributed by atoms with Gasteiger partial charge in [0.05, 0.1) is 5.56 Å².